The lowest BCUT2D eigenvalue weighted by atomic mass is 9.96. The summed E-state index contributed by atoms with van der Waals surface area (Å²) >= 11 is 12.7. The predicted molar refractivity (Wildman–Crippen MR) is 125 cm³/mol. The van der Waals surface area contributed by atoms with Crippen molar-refractivity contribution >= 4 is 40.7 Å². The van der Waals surface area contributed by atoms with Crippen LogP contribution in [0.4, 0.5) is 5.69 Å². The highest BCUT2D eigenvalue weighted by molar-refractivity contribution is 6.35. The summed E-state index contributed by atoms with van der Waals surface area (Å²) in [7, 11) is 0. The van der Waals surface area contributed by atoms with Gasteiger partial charge in [0, 0.05) is 41.8 Å². The molecule has 31 heavy (non-hydrogen) atoms. The molecule has 0 radical (unpaired) electrons. The fourth-order valence-corrected chi connectivity index (χ4v) is 4.94. The van der Waals surface area contributed by atoms with E-state index in [0.717, 1.165) is 50.9 Å². The average molecular weight is 460 g/mol. The van der Waals surface area contributed by atoms with E-state index in [1.807, 2.05) is 41.3 Å². The van der Waals surface area contributed by atoms with E-state index in [2.05, 4.69) is 10.2 Å². The Balaban J connectivity index is 1.43. The summed E-state index contributed by atoms with van der Waals surface area (Å²) < 4.78 is 0. The number of halogens is 2. The lowest BCUT2D eigenvalue weighted by Gasteiger charge is -2.32. The molecule has 4 rings (SSSR count). The number of carbonyl (C=O) groups is 2. The van der Waals surface area contributed by atoms with Crippen LogP contribution in [0.15, 0.2) is 42.5 Å². The van der Waals surface area contributed by atoms with Gasteiger partial charge < -0.3 is 10.2 Å². The first-order chi connectivity index (χ1) is 15.0. The minimum Gasteiger partial charge on any atom is -0.339 e. The number of piperidine rings is 1. The summed E-state index contributed by atoms with van der Waals surface area (Å²) in [6, 6.07) is 12.8. The smallest absolute Gasteiger partial charge is 0.255 e. The Morgan fingerprint density at radius 3 is 2.39 bits per heavy atom. The third-order valence-electron chi connectivity index (χ3n) is 6.13. The first-order valence-corrected chi connectivity index (χ1v) is 11.6. The number of likely N-dealkylation sites (tertiary alicyclic amines) is 2. The van der Waals surface area contributed by atoms with Crippen molar-refractivity contribution in [2.75, 3.05) is 31.5 Å². The number of hydrogen-bond donors (Lipinski definition) is 1. The first-order valence-electron chi connectivity index (χ1n) is 10.9. The molecule has 1 unspecified atom stereocenters. The maximum Gasteiger partial charge on any atom is 0.255 e. The zero-order chi connectivity index (χ0) is 21.8. The number of anilines is 1. The minimum absolute atomic E-state index is 0.00738. The van der Waals surface area contributed by atoms with Gasteiger partial charge in [0.1, 0.15) is 0 Å². The van der Waals surface area contributed by atoms with Gasteiger partial charge in [-0.15, -0.1) is 0 Å². The highest BCUT2D eigenvalue weighted by atomic mass is 35.5. The highest BCUT2D eigenvalue weighted by Crippen LogP contribution is 2.28. The van der Waals surface area contributed by atoms with Crippen molar-refractivity contribution in [1.29, 1.82) is 0 Å². The standard InChI is InChI=1S/C24H27Cl2N3O2/c25-20-9-5-10-21(26)19(20)16-28-12-6-7-17(15-28)23(30)27-22-11-2-1-8-18(22)24(31)29-13-3-4-14-29/h1-2,5,8-11,17H,3-4,6-7,12-16H2,(H,27,30). The van der Waals surface area contributed by atoms with E-state index < -0.39 is 0 Å². The minimum atomic E-state index is -0.148. The van der Waals surface area contributed by atoms with E-state index in [1.54, 1.807) is 6.07 Å². The molecular formula is C24H27Cl2N3O2. The summed E-state index contributed by atoms with van der Waals surface area (Å²) in [5.41, 5.74) is 2.05. The summed E-state index contributed by atoms with van der Waals surface area (Å²) in [4.78, 5) is 30.1. The predicted octanol–water partition coefficient (Wildman–Crippen LogP) is 5.08. The summed E-state index contributed by atoms with van der Waals surface area (Å²) in [6.07, 6.45) is 3.82. The second-order valence-electron chi connectivity index (χ2n) is 8.31. The van der Waals surface area contributed by atoms with Gasteiger partial charge in [-0.2, -0.15) is 0 Å². The van der Waals surface area contributed by atoms with Crippen molar-refractivity contribution in [2.45, 2.75) is 32.2 Å². The molecule has 0 aliphatic carbocycles. The Morgan fingerprint density at radius 1 is 0.935 bits per heavy atom. The fraction of sp³-hybridized carbons (Fsp3) is 0.417. The van der Waals surface area contributed by atoms with Crippen molar-refractivity contribution in [1.82, 2.24) is 9.80 Å². The Kier molecular flexibility index (Phi) is 7.16. The van der Waals surface area contributed by atoms with E-state index in [-0.39, 0.29) is 17.7 Å². The summed E-state index contributed by atoms with van der Waals surface area (Å²) in [6.45, 7) is 3.71. The first kappa shape index (κ1) is 22.1. The molecule has 1 atom stereocenters. The van der Waals surface area contributed by atoms with Crippen LogP contribution in [-0.4, -0.2) is 47.8 Å². The molecule has 2 aliphatic rings. The van der Waals surface area contributed by atoms with Crippen LogP contribution in [0, 0.1) is 5.92 Å². The van der Waals surface area contributed by atoms with Crippen molar-refractivity contribution in [2.24, 2.45) is 5.92 Å². The average Bonchev–Trinajstić information content (AvgIpc) is 3.31. The van der Waals surface area contributed by atoms with Crippen LogP contribution in [0.25, 0.3) is 0 Å². The van der Waals surface area contributed by atoms with Gasteiger partial charge in [0.25, 0.3) is 5.91 Å². The Labute approximate surface area is 193 Å². The molecule has 2 aromatic carbocycles. The third-order valence-corrected chi connectivity index (χ3v) is 6.84. The lowest BCUT2D eigenvalue weighted by Crippen LogP contribution is -2.40. The number of para-hydroxylation sites is 1. The van der Waals surface area contributed by atoms with E-state index in [9.17, 15) is 9.59 Å². The van der Waals surface area contributed by atoms with E-state index in [1.165, 1.54) is 0 Å². The summed E-state index contributed by atoms with van der Waals surface area (Å²) in [5, 5.41) is 4.32. The van der Waals surface area contributed by atoms with Gasteiger partial charge >= 0.3 is 0 Å². The molecule has 2 saturated heterocycles. The quantitative estimate of drug-likeness (QED) is 0.677. The van der Waals surface area contributed by atoms with Gasteiger partial charge in [0.15, 0.2) is 0 Å². The molecule has 5 nitrogen and oxygen atoms in total. The van der Waals surface area contributed by atoms with E-state index in [4.69, 9.17) is 23.2 Å². The van der Waals surface area contributed by atoms with Crippen LogP contribution < -0.4 is 5.32 Å². The SMILES string of the molecule is O=C(Nc1ccccc1C(=O)N1CCCC1)C1CCCN(Cc2c(Cl)cccc2Cl)C1. The fourth-order valence-electron chi connectivity index (χ4n) is 4.42. The number of carbonyl (C=O) groups excluding carboxylic acids is 2. The van der Waals surface area contributed by atoms with Crippen LogP contribution in [0.3, 0.4) is 0 Å². The molecular weight excluding hydrogens is 433 g/mol. The van der Waals surface area contributed by atoms with Crippen LogP contribution in [0.1, 0.15) is 41.6 Å². The number of benzene rings is 2. The Bertz CT molecular complexity index is 939. The molecule has 0 spiro atoms. The van der Waals surface area contributed by atoms with Gasteiger partial charge in [-0.1, -0.05) is 41.4 Å². The number of nitrogens with one attached hydrogen (secondary N) is 1. The van der Waals surface area contributed by atoms with Gasteiger partial charge in [0.05, 0.1) is 17.2 Å². The topological polar surface area (TPSA) is 52.7 Å². The molecule has 2 heterocycles. The van der Waals surface area contributed by atoms with Crippen LogP contribution in [0.2, 0.25) is 10.0 Å². The third kappa shape index (κ3) is 5.22. The molecule has 0 bridgehead atoms. The van der Waals surface area contributed by atoms with Crippen LogP contribution >= 0.6 is 23.2 Å². The molecule has 0 aromatic heterocycles. The van der Waals surface area contributed by atoms with Gasteiger partial charge in [0.2, 0.25) is 5.91 Å². The molecule has 164 valence electrons. The summed E-state index contributed by atoms with van der Waals surface area (Å²) in [5.74, 6) is -0.200. The molecule has 1 N–H and O–H groups in total. The Hall–Kier alpha value is -2.08. The molecule has 0 saturated carbocycles. The molecule has 2 amide bonds. The maximum atomic E-state index is 13.1. The van der Waals surface area contributed by atoms with E-state index >= 15 is 0 Å². The monoisotopic (exact) mass is 459 g/mol. The Morgan fingerprint density at radius 2 is 1.65 bits per heavy atom. The van der Waals surface area contributed by atoms with Crippen molar-refractivity contribution < 1.29 is 9.59 Å². The molecule has 2 aliphatic heterocycles. The van der Waals surface area contributed by atoms with E-state index in [0.29, 0.717) is 34.4 Å². The number of amides is 2. The molecule has 7 heteroatoms. The van der Waals surface area contributed by atoms with Gasteiger partial charge in [-0.3, -0.25) is 14.5 Å². The number of hydrogen-bond acceptors (Lipinski definition) is 3. The highest BCUT2D eigenvalue weighted by Gasteiger charge is 2.28. The van der Waals surface area contributed by atoms with Crippen molar-refractivity contribution in [3.8, 4) is 0 Å². The number of rotatable bonds is 5. The van der Waals surface area contributed by atoms with Gasteiger partial charge in [-0.25, -0.2) is 0 Å². The van der Waals surface area contributed by atoms with Crippen molar-refractivity contribution in [3.05, 3.63) is 63.6 Å². The lowest BCUT2D eigenvalue weighted by molar-refractivity contribution is -0.121. The van der Waals surface area contributed by atoms with Crippen LogP contribution in [-0.2, 0) is 11.3 Å². The normalized spacial score (nSPS) is 19.4. The maximum absolute atomic E-state index is 13.1. The number of nitrogens with zero attached hydrogens (tertiary/aromatic N) is 2. The second-order valence-corrected chi connectivity index (χ2v) is 9.12. The van der Waals surface area contributed by atoms with Gasteiger partial charge in [-0.05, 0) is 56.5 Å². The second kappa shape index (κ2) is 10.0. The zero-order valence-electron chi connectivity index (χ0n) is 17.4. The molecule has 2 aromatic rings. The zero-order valence-corrected chi connectivity index (χ0v) is 19.0. The largest absolute Gasteiger partial charge is 0.339 e. The van der Waals surface area contributed by atoms with Crippen molar-refractivity contribution in [3.63, 3.8) is 0 Å². The molecule has 2 fully saturated rings. The van der Waals surface area contributed by atoms with Crippen LogP contribution in [0.5, 0.6) is 0 Å².